The fraction of sp³-hybridized carbons (Fsp3) is 0.0455. The van der Waals surface area contributed by atoms with Gasteiger partial charge in [-0.15, -0.1) is 0 Å². The van der Waals surface area contributed by atoms with E-state index in [1.54, 1.807) is 12.1 Å². The molecule has 0 atom stereocenters. The summed E-state index contributed by atoms with van der Waals surface area (Å²) in [7, 11) is -4.02. The molecule has 4 aromatic rings. The van der Waals surface area contributed by atoms with Gasteiger partial charge < -0.3 is 5.11 Å². The van der Waals surface area contributed by atoms with Crippen molar-refractivity contribution in [2.45, 2.75) is 11.8 Å². The summed E-state index contributed by atoms with van der Waals surface area (Å²) in [6.07, 6.45) is 1.67. The number of carbonyl (C=O) groups is 1. The smallest absolute Gasteiger partial charge is 0.341 e. The number of aromatic carboxylic acids is 1. The van der Waals surface area contributed by atoms with Crippen LogP contribution >= 0.6 is 0 Å². The third kappa shape index (κ3) is 5.30. The number of carboxylic acid groups (broad SMARTS) is 1. The molecule has 0 spiro atoms. The molecule has 4 rings (SSSR count). The molecule has 0 amide bonds. The molecule has 0 aliphatic heterocycles. The van der Waals surface area contributed by atoms with Crippen molar-refractivity contribution in [3.63, 3.8) is 0 Å². The summed E-state index contributed by atoms with van der Waals surface area (Å²) in [6, 6.07) is 9.43. The molecule has 2 heterocycles. The van der Waals surface area contributed by atoms with Gasteiger partial charge in [-0.05, 0) is 37.3 Å². The summed E-state index contributed by atoms with van der Waals surface area (Å²) >= 11 is 0. The molecule has 0 radical (unpaired) electrons. The highest BCUT2D eigenvalue weighted by Gasteiger charge is 2.18. The van der Waals surface area contributed by atoms with Crippen molar-refractivity contribution in [1.29, 1.82) is 0 Å². The largest absolute Gasteiger partial charge is 0.477 e. The normalized spacial score (nSPS) is 11.1. The lowest BCUT2D eigenvalue weighted by atomic mass is 10.1. The number of carboxylic acids is 1. The van der Waals surface area contributed by atoms with Gasteiger partial charge in [-0.25, -0.2) is 22.9 Å². The van der Waals surface area contributed by atoms with Crippen LogP contribution in [0.2, 0.25) is 0 Å². The van der Waals surface area contributed by atoms with Gasteiger partial charge in [0.05, 0.1) is 22.2 Å². The third-order valence-corrected chi connectivity index (χ3v) is 5.40. The average molecular weight is 492 g/mol. The molecule has 0 saturated carbocycles. The van der Waals surface area contributed by atoms with Gasteiger partial charge in [-0.3, -0.25) is 13.9 Å². The Labute approximate surface area is 190 Å². The first-order valence-corrected chi connectivity index (χ1v) is 10.8. The molecule has 12 heteroatoms. The van der Waals surface area contributed by atoms with Gasteiger partial charge >= 0.3 is 5.97 Å². The summed E-state index contributed by atoms with van der Waals surface area (Å²) in [4.78, 5) is 26.9. The molecule has 0 saturated heterocycles. The molecular weight excluding hydrogens is 477 g/mol. The van der Waals surface area contributed by atoms with Gasteiger partial charge in [0.15, 0.2) is 0 Å². The first-order valence-electron chi connectivity index (χ1n) is 9.32. The first kappa shape index (κ1) is 24.6. The zero-order chi connectivity index (χ0) is 25.2. The number of pyridine rings is 2. The molecule has 0 fully saturated rings. The van der Waals surface area contributed by atoms with E-state index in [4.69, 9.17) is 9.66 Å². The zero-order valence-electron chi connectivity index (χ0n) is 17.2. The van der Waals surface area contributed by atoms with Crippen LogP contribution in [0.5, 0.6) is 0 Å². The second-order valence-corrected chi connectivity index (χ2v) is 8.38. The average Bonchev–Trinajstić information content (AvgIpc) is 2.75. The number of aryl methyl sites for hydroxylation is 1. The van der Waals surface area contributed by atoms with Gasteiger partial charge in [0.25, 0.3) is 10.1 Å². The number of halogens is 3. The molecule has 2 aromatic heterocycles. The van der Waals surface area contributed by atoms with E-state index < -0.39 is 44.5 Å². The summed E-state index contributed by atoms with van der Waals surface area (Å²) in [5, 5.41) is 8.77. The molecule has 8 nitrogen and oxygen atoms in total. The summed E-state index contributed by atoms with van der Waals surface area (Å²) < 4.78 is 70.9. The van der Waals surface area contributed by atoms with Crippen LogP contribution in [0.25, 0.3) is 16.7 Å². The van der Waals surface area contributed by atoms with Crippen LogP contribution in [0, 0.1) is 24.4 Å². The van der Waals surface area contributed by atoms with Crippen molar-refractivity contribution in [3.8, 4) is 5.69 Å². The number of fused-ring (bicyclic) bond motifs is 1. The molecule has 176 valence electrons. The number of hydrogen-bond donors (Lipinski definition) is 2. The van der Waals surface area contributed by atoms with E-state index in [1.807, 2.05) is 6.92 Å². The van der Waals surface area contributed by atoms with E-state index in [-0.39, 0.29) is 21.6 Å². The lowest BCUT2D eigenvalue weighted by molar-refractivity contribution is 0.0695. The van der Waals surface area contributed by atoms with Gasteiger partial charge in [-0.1, -0.05) is 17.7 Å². The van der Waals surface area contributed by atoms with Crippen LogP contribution in [0.1, 0.15) is 15.9 Å². The summed E-state index contributed by atoms with van der Waals surface area (Å²) in [5.41, 5.74) is -1.05. The van der Waals surface area contributed by atoms with Crippen LogP contribution in [-0.4, -0.2) is 33.6 Å². The van der Waals surface area contributed by atoms with Crippen molar-refractivity contribution < 1.29 is 36.0 Å². The SMILES string of the molecule is Cc1ccc(S(=O)(=O)O)cc1.O=C(O)c1cn(-c2ccc(F)cc2F)c2ncc(F)cc2c1=O. The van der Waals surface area contributed by atoms with Gasteiger partial charge in [-0.2, -0.15) is 8.42 Å². The maximum Gasteiger partial charge on any atom is 0.341 e. The van der Waals surface area contributed by atoms with Crippen LogP contribution in [-0.2, 0) is 10.1 Å². The molecule has 2 N–H and O–H groups in total. The molecule has 0 aliphatic carbocycles. The Morgan fingerprint density at radius 2 is 1.65 bits per heavy atom. The predicted molar refractivity (Wildman–Crippen MR) is 115 cm³/mol. The monoisotopic (exact) mass is 492 g/mol. The Hall–Kier alpha value is -4.03. The topological polar surface area (TPSA) is 127 Å². The first-order chi connectivity index (χ1) is 15.9. The lowest BCUT2D eigenvalue weighted by Crippen LogP contribution is -2.19. The minimum atomic E-state index is -4.02. The number of rotatable bonds is 3. The Morgan fingerprint density at radius 3 is 2.21 bits per heavy atom. The Morgan fingerprint density at radius 1 is 1.00 bits per heavy atom. The van der Waals surface area contributed by atoms with Gasteiger partial charge in [0, 0.05) is 12.3 Å². The Kier molecular flexibility index (Phi) is 6.84. The second kappa shape index (κ2) is 9.45. The minimum absolute atomic E-state index is 0.0666. The van der Waals surface area contributed by atoms with E-state index >= 15 is 0 Å². The van der Waals surface area contributed by atoms with Gasteiger partial charge in [0.2, 0.25) is 5.43 Å². The standard InChI is InChI=1S/C15H7F3N2O3.C7H8O3S/c16-7-1-2-12(11(18)4-7)20-6-10(15(22)23)13(21)9-3-8(17)5-19-14(9)20;1-6-2-4-7(5-3-6)11(8,9)10/h1-6H,(H,22,23);2-5H,1H3,(H,8,9,10). The quantitative estimate of drug-likeness (QED) is 0.417. The highest BCUT2D eigenvalue weighted by atomic mass is 32.2. The van der Waals surface area contributed by atoms with Gasteiger partial charge in [0.1, 0.15) is 28.7 Å². The molecule has 0 aliphatic rings. The van der Waals surface area contributed by atoms with E-state index in [0.29, 0.717) is 6.07 Å². The van der Waals surface area contributed by atoms with Crippen LogP contribution in [0.15, 0.2) is 70.6 Å². The Bertz CT molecular complexity index is 1570. The van der Waals surface area contributed by atoms with E-state index in [1.165, 1.54) is 12.1 Å². The summed E-state index contributed by atoms with van der Waals surface area (Å²) in [6.45, 7) is 1.84. The molecular formula is C22H15F3N2O6S. The predicted octanol–water partition coefficient (Wildman–Crippen LogP) is 3.74. The van der Waals surface area contributed by atoms with E-state index in [9.17, 15) is 31.2 Å². The van der Waals surface area contributed by atoms with Crippen LogP contribution in [0.3, 0.4) is 0 Å². The molecule has 0 unspecified atom stereocenters. The highest BCUT2D eigenvalue weighted by molar-refractivity contribution is 7.85. The molecule has 0 bridgehead atoms. The highest BCUT2D eigenvalue weighted by Crippen LogP contribution is 2.20. The maximum absolute atomic E-state index is 14.0. The molecule has 2 aromatic carbocycles. The fourth-order valence-electron chi connectivity index (χ4n) is 2.91. The van der Waals surface area contributed by atoms with Crippen molar-refractivity contribution in [2.75, 3.05) is 0 Å². The van der Waals surface area contributed by atoms with Crippen molar-refractivity contribution in [1.82, 2.24) is 9.55 Å². The van der Waals surface area contributed by atoms with E-state index in [0.717, 1.165) is 40.7 Å². The number of aromatic nitrogens is 2. The van der Waals surface area contributed by atoms with Crippen LogP contribution in [0.4, 0.5) is 13.2 Å². The summed E-state index contributed by atoms with van der Waals surface area (Å²) in [5.74, 6) is -4.22. The third-order valence-electron chi connectivity index (χ3n) is 4.53. The maximum atomic E-state index is 14.0. The number of nitrogens with zero attached hydrogens (tertiary/aromatic N) is 2. The van der Waals surface area contributed by atoms with Crippen molar-refractivity contribution in [2.24, 2.45) is 0 Å². The number of hydrogen-bond acceptors (Lipinski definition) is 5. The Balaban J connectivity index is 0.000000248. The van der Waals surface area contributed by atoms with E-state index in [2.05, 4.69) is 4.98 Å². The minimum Gasteiger partial charge on any atom is -0.477 e. The second-order valence-electron chi connectivity index (χ2n) is 6.96. The molecule has 34 heavy (non-hydrogen) atoms. The zero-order valence-corrected chi connectivity index (χ0v) is 18.1. The van der Waals surface area contributed by atoms with Crippen molar-refractivity contribution in [3.05, 3.63) is 99.7 Å². The fourth-order valence-corrected chi connectivity index (χ4v) is 3.39. The lowest BCUT2D eigenvalue weighted by Gasteiger charge is -2.12. The van der Waals surface area contributed by atoms with Crippen molar-refractivity contribution >= 4 is 27.1 Å². The number of benzene rings is 2. The van der Waals surface area contributed by atoms with Crippen LogP contribution < -0.4 is 5.43 Å².